The number of carboxylic acids is 1. The van der Waals surface area contributed by atoms with E-state index in [2.05, 4.69) is 6.58 Å². The van der Waals surface area contributed by atoms with E-state index in [9.17, 15) is 19.2 Å². The summed E-state index contributed by atoms with van der Waals surface area (Å²) in [5.41, 5.74) is 0.244. The summed E-state index contributed by atoms with van der Waals surface area (Å²) in [6.45, 7) is 5.26. The predicted molar refractivity (Wildman–Crippen MR) is 73.7 cm³/mol. The standard InChI is InChI=1S/C14H20N2O5/c1-10(2)14(21)15(9-5-3-4-6-13(19)20)16-11(17)7-8-12(16)18/h1,3-9H2,2H3,(H,19,20). The van der Waals surface area contributed by atoms with Gasteiger partial charge in [0.25, 0.3) is 5.91 Å². The van der Waals surface area contributed by atoms with Gasteiger partial charge in [0, 0.05) is 31.4 Å². The van der Waals surface area contributed by atoms with Crippen molar-refractivity contribution in [1.29, 1.82) is 0 Å². The molecule has 0 saturated carbocycles. The second-order valence-electron chi connectivity index (χ2n) is 5.01. The Morgan fingerprint density at radius 1 is 1.19 bits per heavy atom. The first-order valence-electron chi connectivity index (χ1n) is 6.89. The molecule has 1 rings (SSSR count). The van der Waals surface area contributed by atoms with Gasteiger partial charge in [-0.1, -0.05) is 13.0 Å². The number of hydrogen-bond donors (Lipinski definition) is 1. The van der Waals surface area contributed by atoms with E-state index < -0.39 is 11.9 Å². The number of hydrogen-bond acceptors (Lipinski definition) is 4. The van der Waals surface area contributed by atoms with Gasteiger partial charge in [0.1, 0.15) is 0 Å². The van der Waals surface area contributed by atoms with Gasteiger partial charge in [-0.3, -0.25) is 19.2 Å². The number of rotatable bonds is 8. The van der Waals surface area contributed by atoms with E-state index in [1.807, 2.05) is 0 Å². The van der Waals surface area contributed by atoms with Gasteiger partial charge in [-0.25, -0.2) is 5.01 Å². The van der Waals surface area contributed by atoms with Gasteiger partial charge in [-0.15, -0.1) is 0 Å². The molecule has 0 aliphatic carbocycles. The zero-order valence-corrected chi connectivity index (χ0v) is 12.1. The van der Waals surface area contributed by atoms with Gasteiger partial charge in [0.2, 0.25) is 11.8 Å². The Morgan fingerprint density at radius 3 is 2.24 bits per heavy atom. The fraction of sp³-hybridized carbons (Fsp3) is 0.571. The summed E-state index contributed by atoms with van der Waals surface area (Å²) >= 11 is 0. The predicted octanol–water partition coefficient (Wildman–Crippen LogP) is 1.10. The number of unbranched alkanes of at least 4 members (excludes halogenated alkanes) is 2. The van der Waals surface area contributed by atoms with Crippen LogP contribution in [0.25, 0.3) is 0 Å². The molecule has 0 unspecified atom stereocenters. The number of imide groups is 1. The molecule has 1 aliphatic heterocycles. The zero-order chi connectivity index (χ0) is 16.0. The van der Waals surface area contributed by atoms with Crippen molar-refractivity contribution in [3.8, 4) is 0 Å². The van der Waals surface area contributed by atoms with Crippen molar-refractivity contribution < 1.29 is 24.3 Å². The van der Waals surface area contributed by atoms with Crippen LogP contribution in [0.2, 0.25) is 0 Å². The molecule has 7 nitrogen and oxygen atoms in total. The van der Waals surface area contributed by atoms with Crippen molar-refractivity contribution in [2.45, 2.75) is 45.4 Å². The Bertz CT molecular complexity index is 456. The van der Waals surface area contributed by atoms with Crippen LogP contribution in [0.15, 0.2) is 12.2 Å². The van der Waals surface area contributed by atoms with E-state index in [0.29, 0.717) is 19.3 Å². The van der Waals surface area contributed by atoms with E-state index in [-0.39, 0.29) is 43.2 Å². The highest BCUT2D eigenvalue weighted by Gasteiger charge is 2.36. The summed E-state index contributed by atoms with van der Waals surface area (Å²) in [6.07, 6.45) is 1.89. The number of nitrogens with zero attached hydrogens (tertiary/aromatic N) is 2. The van der Waals surface area contributed by atoms with Crippen molar-refractivity contribution in [2.75, 3.05) is 6.54 Å². The van der Waals surface area contributed by atoms with E-state index in [1.54, 1.807) is 0 Å². The van der Waals surface area contributed by atoms with E-state index in [0.717, 1.165) is 10.0 Å². The maximum absolute atomic E-state index is 12.1. The minimum absolute atomic E-state index is 0.0655. The lowest BCUT2D eigenvalue weighted by Gasteiger charge is -2.30. The molecule has 0 radical (unpaired) electrons. The Balaban J connectivity index is 2.63. The summed E-state index contributed by atoms with van der Waals surface area (Å²) in [4.78, 5) is 46.0. The maximum atomic E-state index is 12.1. The van der Waals surface area contributed by atoms with Crippen LogP contribution >= 0.6 is 0 Å². The quantitative estimate of drug-likeness (QED) is 0.411. The molecule has 0 aromatic heterocycles. The van der Waals surface area contributed by atoms with Crippen LogP contribution in [-0.4, -0.2) is 45.4 Å². The molecular formula is C14H20N2O5. The van der Waals surface area contributed by atoms with Crippen molar-refractivity contribution in [1.82, 2.24) is 10.0 Å². The number of hydrazine groups is 1. The zero-order valence-electron chi connectivity index (χ0n) is 12.1. The molecule has 0 spiro atoms. The third-order valence-electron chi connectivity index (χ3n) is 3.13. The summed E-state index contributed by atoms with van der Waals surface area (Å²) in [5, 5.41) is 10.6. The average Bonchev–Trinajstić information content (AvgIpc) is 2.73. The normalized spacial score (nSPS) is 14.4. The Hall–Kier alpha value is -2.18. The molecule has 1 aliphatic rings. The molecule has 1 fully saturated rings. The maximum Gasteiger partial charge on any atom is 0.303 e. The highest BCUT2D eigenvalue weighted by Crippen LogP contribution is 2.17. The van der Waals surface area contributed by atoms with Crippen LogP contribution in [0, 0.1) is 0 Å². The molecule has 3 amide bonds. The second-order valence-corrected chi connectivity index (χ2v) is 5.01. The molecule has 1 N–H and O–H groups in total. The number of amides is 3. The molecule has 0 bridgehead atoms. The number of aliphatic carboxylic acids is 1. The molecule has 0 atom stereocenters. The van der Waals surface area contributed by atoms with E-state index >= 15 is 0 Å². The van der Waals surface area contributed by atoms with Gasteiger partial charge in [-0.2, -0.15) is 5.01 Å². The topological polar surface area (TPSA) is 95.0 Å². The number of carboxylic acid groups (broad SMARTS) is 1. The van der Waals surface area contributed by atoms with Crippen LogP contribution in [0.1, 0.15) is 45.4 Å². The van der Waals surface area contributed by atoms with E-state index in [1.165, 1.54) is 6.92 Å². The average molecular weight is 296 g/mol. The Morgan fingerprint density at radius 2 is 1.76 bits per heavy atom. The highest BCUT2D eigenvalue weighted by molar-refractivity contribution is 6.04. The number of carbonyl (C=O) groups is 4. The van der Waals surface area contributed by atoms with Crippen LogP contribution in [0.5, 0.6) is 0 Å². The van der Waals surface area contributed by atoms with Crippen molar-refractivity contribution in [3.05, 3.63) is 12.2 Å². The lowest BCUT2D eigenvalue weighted by atomic mass is 10.2. The minimum atomic E-state index is -0.866. The first-order chi connectivity index (χ1) is 9.84. The molecule has 0 aromatic rings. The molecule has 0 aromatic carbocycles. The van der Waals surface area contributed by atoms with Gasteiger partial charge < -0.3 is 5.11 Å². The second kappa shape index (κ2) is 7.56. The van der Waals surface area contributed by atoms with Gasteiger partial charge in [0.05, 0.1) is 0 Å². The summed E-state index contributed by atoms with van der Waals surface area (Å²) in [5.74, 6) is -2.10. The fourth-order valence-electron chi connectivity index (χ4n) is 2.06. The SMILES string of the molecule is C=C(C)C(=O)N(CCCCCC(=O)O)N1C(=O)CCC1=O. The fourth-order valence-corrected chi connectivity index (χ4v) is 2.06. The van der Waals surface area contributed by atoms with Crippen LogP contribution in [0.3, 0.4) is 0 Å². The Kier molecular flexibility index (Phi) is 6.08. The first-order valence-corrected chi connectivity index (χ1v) is 6.89. The lowest BCUT2D eigenvalue weighted by Crippen LogP contribution is -2.50. The third-order valence-corrected chi connectivity index (χ3v) is 3.13. The summed E-state index contributed by atoms with van der Waals surface area (Å²) in [7, 11) is 0. The first kappa shape index (κ1) is 16.9. The summed E-state index contributed by atoms with van der Waals surface area (Å²) < 4.78 is 0. The van der Waals surface area contributed by atoms with E-state index in [4.69, 9.17) is 5.11 Å². The van der Waals surface area contributed by atoms with Gasteiger partial charge >= 0.3 is 5.97 Å². The molecule has 1 heterocycles. The van der Waals surface area contributed by atoms with Crippen molar-refractivity contribution >= 4 is 23.7 Å². The monoisotopic (exact) mass is 296 g/mol. The molecule has 1 saturated heterocycles. The minimum Gasteiger partial charge on any atom is -0.481 e. The molecule has 7 heteroatoms. The van der Waals surface area contributed by atoms with Gasteiger partial charge in [-0.05, 0) is 19.8 Å². The third kappa shape index (κ3) is 4.70. The van der Waals surface area contributed by atoms with Crippen LogP contribution in [-0.2, 0) is 19.2 Å². The molecular weight excluding hydrogens is 276 g/mol. The van der Waals surface area contributed by atoms with Crippen LogP contribution in [0.4, 0.5) is 0 Å². The largest absolute Gasteiger partial charge is 0.481 e. The van der Waals surface area contributed by atoms with Crippen molar-refractivity contribution in [2.24, 2.45) is 0 Å². The van der Waals surface area contributed by atoms with Crippen molar-refractivity contribution in [3.63, 3.8) is 0 Å². The number of carbonyl (C=O) groups excluding carboxylic acids is 3. The smallest absolute Gasteiger partial charge is 0.303 e. The highest BCUT2D eigenvalue weighted by atomic mass is 16.4. The molecule has 116 valence electrons. The van der Waals surface area contributed by atoms with Crippen LogP contribution < -0.4 is 0 Å². The Labute approximate surface area is 123 Å². The summed E-state index contributed by atoms with van der Waals surface area (Å²) in [6, 6.07) is 0. The molecule has 21 heavy (non-hydrogen) atoms. The lowest BCUT2D eigenvalue weighted by molar-refractivity contribution is -0.166. The van der Waals surface area contributed by atoms with Gasteiger partial charge in [0.15, 0.2) is 0 Å².